The first kappa shape index (κ1) is 24.3. The predicted octanol–water partition coefficient (Wildman–Crippen LogP) is 3.04. The number of benzene rings is 1. The smallest absolute Gasteiger partial charge is 0.414 e. The minimum Gasteiger partial charge on any atom is -0.444 e. The highest BCUT2D eigenvalue weighted by Crippen LogP contribution is 2.29. The first-order chi connectivity index (χ1) is 16.8. The number of nitrogens with zero attached hydrogens (tertiary/aromatic N) is 4. The minimum absolute atomic E-state index is 0.0142. The van der Waals surface area contributed by atoms with Crippen LogP contribution in [0.15, 0.2) is 35.1 Å². The van der Waals surface area contributed by atoms with Gasteiger partial charge < -0.3 is 14.1 Å². The van der Waals surface area contributed by atoms with Crippen LogP contribution < -0.4 is 15.1 Å². The number of hydrogen-bond donors (Lipinski definition) is 1. The third-order valence-corrected chi connectivity index (χ3v) is 5.47. The second-order valence-electron chi connectivity index (χ2n) is 7.75. The molecule has 1 N–H and O–H groups in total. The van der Waals surface area contributed by atoms with Crippen molar-refractivity contribution in [3.63, 3.8) is 0 Å². The van der Waals surface area contributed by atoms with Crippen LogP contribution >= 0.6 is 0 Å². The van der Waals surface area contributed by atoms with Gasteiger partial charge in [0.2, 0.25) is 0 Å². The van der Waals surface area contributed by atoms with Crippen molar-refractivity contribution in [1.29, 1.82) is 0 Å². The first-order valence-corrected chi connectivity index (χ1v) is 10.8. The molecule has 0 spiro atoms. The molecule has 3 amide bonds. The summed E-state index contributed by atoms with van der Waals surface area (Å²) in [5.41, 5.74) is 0.482. The lowest BCUT2D eigenvalue weighted by Crippen LogP contribution is -2.37. The Morgan fingerprint density at radius 3 is 2.77 bits per heavy atom. The number of halogens is 3. The lowest BCUT2D eigenvalue weighted by molar-refractivity contribution is -0.129. The van der Waals surface area contributed by atoms with Crippen LogP contribution in [0.1, 0.15) is 12.8 Å². The van der Waals surface area contributed by atoms with E-state index >= 15 is 0 Å². The Morgan fingerprint density at radius 1 is 1.23 bits per heavy atom. The fourth-order valence-electron chi connectivity index (χ4n) is 3.70. The zero-order valence-corrected chi connectivity index (χ0v) is 18.4. The fraction of sp³-hybridized carbons (Fsp3) is 0.429. The number of rotatable bonds is 7. The largest absolute Gasteiger partial charge is 0.444 e. The summed E-state index contributed by atoms with van der Waals surface area (Å²) in [5.74, 6) is -1.82. The van der Waals surface area contributed by atoms with Crippen LogP contribution in [0.5, 0.6) is 0 Å². The number of ketones is 1. The van der Waals surface area contributed by atoms with Crippen LogP contribution in [0.3, 0.4) is 0 Å². The van der Waals surface area contributed by atoms with E-state index in [1.54, 1.807) is 4.90 Å². The highest BCUT2D eigenvalue weighted by molar-refractivity contribution is 5.90. The van der Waals surface area contributed by atoms with Gasteiger partial charge >= 0.3 is 18.1 Å². The van der Waals surface area contributed by atoms with Crippen LogP contribution in [0, 0.1) is 5.82 Å². The van der Waals surface area contributed by atoms with E-state index in [0.29, 0.717) is 6.54 Å². The number of nitrogens with one attached hydrogen (secondary N) is 1. The molecule has 188 valence electrons. The molecule has 2 fully saturated rings. The van der Waals surface area contributed by atoms with Crippen molar-refractivity contribution >= 4 is 35.3 Å². The zero-order valence-electron chi connectivity index (χ0n) is 18.4. The van der Waals surface area contributed by atoms with E-state index in [-0.39, 0.29) is 50.1 Å². The SMILES string of the molecule is O=C(CC[C@H]1CN(c2ccc(N3CCON(C(=O)Nc4ncco4)CC3)c(F)c2)C(=O)O1)C(F)F. The average molecular weight is 497 g/mol. The highest BCUT2D eigenvalue weighted by Gasteiger charge is 2.34. The van der Waals surface area contributed by atoms with E-state index in [1.807, 2.05) is 0 Å². The van der Waals surface area contributed by atoms with Gasteiger partial charge in [-0.1, -0.05) is 0 Å². The molecule has 2 aliphatic rings. The number of oxazole rings is 1. The van der Waals surface area contributed by atoms with Crippen LogP contribution in [0.4, 0.5) is 40.1 Å². The molecule has 2 saturated heterocycles. The van der Waals surface area contributed by atoms with E-state index < -0.39 is 42.7 Å². The molecule has 1 atom stereocenters. The van der Waals surface area contributed by atoms with Gasteiger partial charge in [-0.25, -0.2) is 32.8 Å². The minimum atomic E-state index is -3.07. The number of amides is 3. The average Bonchev–Trinajstić information content (AvgIpc) is 3.39. The fourth-order valence-corrected chi connectivity index (χ4v) is 3.70. The summed E-state index contributed by atoms with van der Waals surface area (Å²) in [5, 5.41) is 3.53. The van der Waals surface area contributed by atoms with Gasteiger partial charge in [0.25, 0.3) is 6.43 Å². The maximum Gasteiger partial charge on any atom is 0.414 e. The zero-order chi connectivity index (χ0) is 24.9. The Morgan fingerprint density at radius 2 is 2.06 bits per heavy atom. The number of hydroxylamine groups is 2. The number of Topliss-reactive ketones (excluding diaryl/α,β-unsaturated/α-hetero) is 1. The standard InChI is InChI=1S/C21H22F3N5O6/c22-15-11-13(28-12-14(35-21(28)32)2-4-17(30)18(23)24)1-3-16(15)27-6-7-29(34-10-8-27)20(31)26-19-25-5-9-33-19/h1,3,5,9,11,14,18H,2,4,6-8,10,12H2,(H,25,26,31)/t14-/m0/s1. The Balaban J connectivity index is 1.35. The molecule has 0 unspecified atom stereocenters. The quantitative estimate of drug-likeness (QED) is 0.621. The predicted molar refractivity (Wildman–Crippen MR) is 115 cm³/mol. The number of carbonyl (C=O) groups excluding carboxylic acids is 3. The maximum absolute atomic E-state index is 15.0. The summed E-state index contributed by atoms with van der Waals surface area (Å²) in [4.78, 5) is 47.7. The van der Waals surface area contributed by atoms with Crippen LogP contribution in [0.25, 0.3) is 0 Å². The summed E-state index contributed by atoms with van der Waals surface area (Å²) >= 11 is 0. The summed E-state index contributed by atoms with van der Waals surface area (Å²) in [6.07, 6.45) is -2.33. The van der Waals surface area contributed by atoms with Crippen molar-refractivity contribution < 1.29 is 41.5 Å². The van der Waals surface area contributed by atoms with Gasteiger partial charge in [0.1, 0.15) is 18.2 Å². The molecule has 0 radical (unpaired) electrons. The van der Waals surface area contributed by atoms with Gasteiger partial charge in [-0.05, 0) is 24.6 Å². The number of cyclic esters (lactones) is 1. The summed E-state index contributed by atoms with van der Waals surface area (Å²) in [6, 6.07) is 3.63. The molecule has 35 heavy (non-hydrogen) atoms. The lowest BCUT2D eigenvalue weighted by atomic mass is 10.1. The van der Waals surface area contributed by atoms with Crippen LogP contribution in [-0.4, -0.2) is 73.3 Å². The maximum atomic E-state index is 15.0. The molecule has 2 aromatic rings. The van der Waals surface area contributed by atoms with E-state index in [2.05, 4.69) is 10.3 Å². The van der Waals surface area contributed by atoms with Crippen molar-refractivity contribution in [3.05, 3.63) is 36.5 Å². The van der Waals surface area contributed by atoms with Gasteiger partial charge in [0, 0.05) is 19.5 Å². The number of aromatic nitrogens is 1. The van der Waals surface area contributed by atoms with Gasteiger partial charge in [-0.15, -0.1) is 0 Å². The highest BCUT2D eigenvalue weighted by atomic mass is 19.3. The van der Waals surface area contributed by atoms with Crippen molar-refractivity contribution in [2.75, 3.05) is 47.9 Å². The number of urea groups is 1. The molecule has 4 rings (SSSR count). The molecule has 11 nitrogen and oxygen atoms in total. The summed E-state index contributed by atoms with van der Waals surface area (Å²) in [7, 11) is 0. The molecule has 0 aliphatic carbocycles. The number of anilines is 3. The van der Waals surface area contributed by atoms with E-state index in [0.717, 1.165) is 5.06 Å². The normalized spacial score (nSPS) is 18.6. The monoisotopic (exact) mass is 497 g/mol. The van der Waals surface area contributed by atoms with Crippen molar-refractivity contribution in [2.45, 2.75) is 25.4 Å². The lowest BCUT2D eigenvalue weighted by Gasteiger charge is -2.23. The van der Waals surface area contributed by atoms with Crippen LogP contribution in [0.2, 0.25) is 0 Å². The number of carbonyl (C=O) groups is 3. The number of hydrogen-bond acceptors (Lipinski definition) is 8. The first-order valence-electron chi connectivity index (χ1n) is 10.8. The molecule has 3 heterocycles. The Labute approximate surface area is 197 Å². The Hall–Kier alpha value is -3.81. The number of alkyl halides is 2. The Kier molecular flexibility index (Phi) is 7.39. The van der Waals surface area contributed by atoms with E-state index in [9.17, 15) is 27.6 Å². The summed E-state index contributed by atoms with van der Waals surface area (Å²) in [6.45, 7) is 0.815. The van der Waals surface area contributed by atoms with E-state index in [4.69, 9.17) is 14.0 Å². The van der Waals surface area contributed by atoms with E-state index in [1.165, 1.54) is 35.6 Å². The van der Waals surface area contributed by atoms with Gasteiger partial charge in [0.05, 0.1) is 37.3 Å². The van der Waals surface area contributed by atoms with Crippen molar-refractivity contribution in [3.8, 4) is 0 Å². The molecule has 1 aromatic heterocycles. The molecule has 2 aliphatic heterocycles. The molecular weight excluding hydrogens is 475 g/mol. The third-order valence-electron chi connectivity index (χ3n) is 5.47. The molecule has 0 saturated carbocycles. The molecular formula is C21H22F3N5O6. The third kappa shape index (κ3) is 5.82. The van der Waals surface area contributed by atoms with Crippen molar-refractivity contribution in [2.24, 2.45) is 0 Å². The topological polar surface area (TPSA) is 117 Å². The number of ether oxygens (including phenoxy) is 1. The molecule has 0 bridgehead atoms. The van der Waals surface area contributed by atoms with Gasteiger partial charge in [-0.2, -0.15) is 0 Å². The van der Waals surface area contributed by atoms with Crippen molar-refractivity contribution in [1.82, 2.24) is 10.0 Å². The van der Waals surface area contributed by atoms with Gasteiger partial charge in [0.15, 0.2) is 5.78 Å². The second-order valence-corrected chi connectivity index (χ2v) is 7.75. The Bertz CT molecular complexity index is 1070. The second kappa shape index (κ2) is 10.6. The molecule has 1 aromatic carbocycles. The molecule has 14 heteroatoms. The van der Waals surface area contributed by atoms with Crippen LogP contribution in [-0.2, 0) is 14.4 Å². The summed E-state index contributed by atoms with van der Waals surface area (Å²) < 4.78 is 49.8. The van der Waals surface area contributed by atoms with Gasteiger partial charge in [-0.3, -0.25) is 19.8 Å².